The van der Waals surface area contributed by atoms with Crippen LogP contribution in [0.5, 0.6) is 0 Å². The van der Waals surface area contributed by atoms with Crippen molar-refractivity contribution in [3.05, 3.63) is 48.3 Å². The zero-order valence-corrected chi connectivity index (χ0v) is 14.8. The molecule has 25 heavy (non-hydrogen) atoms. The van der Waals surface area contributed by atoms with Crippen LogP contribution >= 0.6 is 0 Å². The molecule has 1 aliphatic carbocycles. The molecule has 0 amide bonds. The van der Waals surface area contributed by atoms with Crippen LogP contribution in [0, 0.1) is 0 Å². The lowest BCUT2D eigenvalue weighted by atomic mass is 9.68. The van der Waals surface area contributed by atoms with Crippen LogP contribution in [0.1, 0.15) is 56.3 Å². The van der Waals surface area contributed by atoms with Gasteiger partial charge >= 0.3 is 0 Å². The van der Waals surface area contributed by atoms with E-state index < -0.39 is 0 Å². The van der Waals surface area contributed by atoms with E-state index in [4.69, 9.17) is 9.72 Å². The fourth-order valence-electron chi connectivity index (χ4n) is 4.73. The van der Waals surface area contributed by atoms with Gasteiger partial charge in [0.05, 0.1) is 11.9 Å². The smallest absolute Gasteiger partial charge is 0.0922 e. The average Bonchev–Trinajstić information content (AvgIpc) is 3.32. The first-order valence-electron chi connectivity index (χ1n) is 9.54. The summed E-state index contributed by atoms with van der Waals surface area (Å²) < 4.78 is 6.31. The second kappa shape index (κ2) is 7.26. The highest BCUT2D eigenvalue weighted by Gasteiger charge is 2.48. The maximum Gasteiger partial charge on any atom is 0.0922 e. The molecule has 0 bridgehead atoms. The zero-order chi connectivity index (χ0) is 17.0. The number of pyridine rings is 1. The molecule has 1 atom stereocenters. The molecule has 1 spiro atoms. The third-order valence-electron chi connectivity index (χ3n) is 6.02. The Labute approximate surface area is 149 Å². The van der Waals surface area contributed by atoms with E-state index in [0.717, 1.165) is 44.7 Å². The Kier molecular flexibility index (Phi) is 4.86. The second-order valence-corrected chi connectivity index (χ2v) is 7.66. The third kappa shape index (κ3) is 3.62. The minimum atomic E-state index is 0.0964. The number of aromatic nitrogens is 3. The van der Waals surface area contributed by atoms with Crippen LogP contribution < -0.4 is 5.32 Å². The number of nitrogens with zero attached hydrogens (tertiary/aromatic N) is 2. The van der Waals surface area contributed by atoms with Crippen molar-refractivity contribution >= 4 is 0 Å². The van der Waals surface area contributed by atoms with Crippen LogP contribution in [0.15, 0.2) is 36.9 Å². The van der Waals surface area contributed by atoms with Crippen LogP contribution in [-0.4, -0.2) is 33.7 Å². The Hall–Kier alpha value is -1.72. The minimum Gasteiger partial charge on any atom is -0.375 e. The summed E-state index contributed by atoms with van der Waals surface area (Å²) in [7, 11) is 0. The summed E-state index contributed by atoms with van der Waals surface area (Å²) in [6.07, 6.45) is 13.9. The summed E-state index contributed by atoms with van der Waals surface area (Å²) in [4.78, 5) is 12.0. The fourth-order valence-corrected chi connectivity index (χ4v) is 4.73. The van der Waals surface area contributed by atoms with Crippen molar-refractivity contribution in [1.82, 2.24) is 20.3 Å². The van der Waals surface area contributed by atoms with E-state index in [-0.39, 0.29) is 11.0 Å². The highest BCUT2D eigenvalue weighted by molar-refractivity contribution is 5.20. The van der Waals surface area contributed by atoms with Crippen LogP contribution in [0.3, 0.4) is 0 Å². The van der Waals surface area contributed by atoms with E-state index in [9.17, 15) is 0 Å². The van der Waals surface area contributed by atoms with Gasteiger partial charge in [-0.2, -0.15) is 0 Å². The van der Waals surface area contributed by atoms with E-state index in [1.807, 2.05) is 18.5 Å². The summed E-state index contributed by atoms with van der Waals surface area (Å²) in [5, 5.41) is 3.57. The zero-order valence-electron chi connectivity index (χ0n) is 14.8. The molecule has 2 aromatic heterocycles. The average molecular weight is 340 g/mol. The highest BCUT2D eigenvalue weighted by atomic mass is 16.5. The van der Waals surface area contributed by atoms with Crippen molar-refractivity contribution in [3.63, 3.8) is 0 Å². The van der Waals surface area contributed by atoms with Crippen LogP contribution in [0.2, 0.25) is 0 Å². The fraction of sp³-hybridized carbons (Fsp3) is 0.600. The standard InChI is InChI=1S/C20H28N4O/c1-4-10-23-18(5-1)19(8-11-21-13-17-14-22-16-24-17)9-12-25-20(15-19)6-2-3-7-20/h1,4-5,10,14,16,21H,2-3,6-9,11-13,15H2,(H,22,24)/t19-/m1/s1. The first-order chi connectivity index (χ1) is 12.3. The molecule has 0 radical (unpaired) electrons. The number of hydrogen-bond acceptors (Lipinski definition) is 4. The van der Waals surface area contributed by atoms with Crippen molar-refractivity contribution in [2.45, 2.75) is 62.5 Å². The van der Waals surface area contributed by atoms with Gasteiger partial charge in [0.2, 0.25) is 0 Å². The summed E-state index contributed by atoms with van der Waals surface area (Å²) in [6.45, 7) is 2.67. The Bertz CT molecular complexity index is 652. The predicted molar refractivity (Wildman–Crippen MR) is 97.2 cm³/mol. The molecule has 2 N–H and O–H groups in total. The second-order valence-electron chi connectivity index (χ2n) is 7.66. The SMILES string of the molecule is c1ccc([C@]2(CCNCc3cnc[nH]3)CCOC3(CCCC3)C2)nc1. The molecule has 1 aliphatic heterocycles. The molecule has 5 heteroatoms. The Balaban J connectivity index is 1.48. The number of rotatable bonds is 6. The molecule has 1 saturated heterocycles. The van der Waals surface area contributed by atoms with Crippen molar-refractivity contribution in [3.8, 4) is 0 Å². The number of H-pyrrole nitrogens is 1. The maximum atomic E-state index is 6.31. The van der Waals surface area contributed by atoms with Crippen LogP contribution in [0.4, 0.5) is 0 Å². The third-order valence-corrected chi connectivity index (χ3v) is 6.02. The van der Waals surface area contributed by atoms with Gasteiger partial charge in [0.15, 0.2) is 0 Å². The van der Waals surface area contributed by atoms with Crippen molar-refractivity contribution < 1.29 is 4.74 Å². The highest BCUT2D eigenvalue weighted by Crippen LogP contribution is 2.49. The molecule has 2 aliphatic rings. The molecule has 5 nitrogen and oxygen atoms in total. The van der Waals surface area contributed by atoms with Gasteiger partial charge in [0.1, 0.15) is 0 Å². The molecule has 0 aromatic carbocycles. The quantitative estimate of drug-likeness (QED) is 0.792. The molecule has 2 fully saturated rings. The van der Waals surface area contributed by atoms with Gasteiger partial charge in [0.25, 0.3) is 0 Å². The van der Waals surface area contributed by atoms with E-state index in [1.165, 1.54) is 31.4 Å². The Morgan fingerprint density at radius 3 is 2.88 bits per heavy atom. The van der Waals surface area contributed by atoms with E-state index in [2.05, 4.69) is 27.4 Å². The first-order valence-corrected chi connectivity index (χ1v) is 9.54. The van der Waals surface area contributed by atoms with Crippen molar-refractivity contribution in [1.29, 1.82) is 0 Å². The summed E-state index contributed by atoms with van der Waals surface area (Å²) in [5.41, 5.74) is 2.60. The number of nitrogens with one attached hydrogen (secondary N) is 2. The largest absolute Gasteiger partial charge is 0.375 e. The molecule has 134 valence electrons. The summed E-state index contributed by atoms with van der Waals surface area (Å²) in [5.74, 6) is 0. The number of aromatic amines is 1. The number of hydrogen-bond donors (Lipinski definition) is 2. The van der Waals surface area contributed by atoms with E-state index >= 15 is 0 Å². The molecular formula is C20H28N4O. The Morgan fingerprint density at radius 2 is 2.12 bits per heavy atom. The van der Waals surface area contributed by atoms with Gasteiger partial charge in [-0.25, -0.2) is 4.98 Å². The van der Waals surface area contributed by atoms with E-state index in [0.29, 0.717) is 0 Å². The Morgan fingerprint density at radius 1 is 1.20 bits per heavy atom. The maximum absolute atomic E-state index is 6.31. The molecule has 2 aromatic rings. The molecular weight excluding hydrogens is 312 g/mol. The number of ether oxygens (including phenoxy) is 1. The van der Waals surface area contributed by atoms with Crippen molar-refractivity contribution in [2.75, 3.05) is 13.2 Å². The minimum absolute atomic E-state index is 0.0964. The molecule has 1 saturated carbocycles. The van der Waals surface area contributed by atoms with Gasteiger partial charge < -0.3 is 15.0 Å². The summed E-state index contributed by atoms with van der Waals surface area (Å²) >= 11 is 0. The molecule has 0 unspecified atom stereocenters. The normalized spacial score (nSPS) is 25.4. The van der Waals surface area contributed by atoms with Gasteiger partial charge in [0, 0.05) is 42.3 Å². The first kappa shape index (κ1) is 16.7. The van der Waals surface area contributed by atoms with Gasteiger partial charge in [-0.3, -0.25) is 4.98 Å². The lowest BCUT2D eigenvalue weighted by Crippen LogP contribution is -2.47. The van der Waals surface area contributed by atoms with Crippen molar-refractivity contribution in [2.24, 2.45) is 0 Å². The predicted octanol–water partition coefficient (Wildman–Crippen LogP) is 3.35. The molecule has 4 rings (SSSR count). The lowest BCUT2D eigenvalue weighted by molar-refractivity contribution is -0.104. The summed E-state index contributed by atoms with van der Waals surface area (Å²) in [6, 6.07) is 6.35. The van der Waals surface area contributed by atoms with Gasteiger partial charge in [-0.15, -0.1) is 0 Å². The van der Waals surface area contributed by atoms with Crippen LogP contribution in [-0.2, 0) is 16.7 Å². The van der Waals surface area contributed by atoms with Gasteiger partial charge in [-0.05, 0) is 50.8 Å². The lowest BCUT2D eigenvalue weighted by Gasteiger charge is -2.46. The van der Waals surface area contributed by atoms with Gasteiger partial charge in [-0.1, -0.05) is 18.9 Å². The topological polar surface area (TPSA) is 62.8 Å². The monoisotopic (exact) mass is 340 g/mol. The molecule has 3 heterocycles. The number of imidazole rings is 1. The van der Waals surface area contributed by atoms with Crippen LogP contribution in [0.25, 0.3) is 0 Å². The van der Waals surface area contributed by atoms with E-state index in [1.54, 1.807) is 6.33 Å².